The van der Waals surface area contributed by atoms with Gasteiger partial charge in [0.1, 0.15) is 17.1 Å². The molecule has 4 aromatic rings. The van der Waals surface area contributed by atoms with Crippen LogP contribution in [0.5, 0.6) is 0 Å². The maximum absolute atomic E-state index is 13.2. The quantitative estimate of drug-likeness (QED) is 0.474. The molecule has 1 fully saturated rings. The minimum absolute atomic E-state index is 0.00767. The van der Waals surface area contributed by atoms with Gasteiger partial charge in [-0.05, 0) is 36.3 Å². The molecule has 0 saturated carbocycles. The number of likely N-dealkylation sites (tertiary alicyclic amines) is 1. The van der Waals surface area contributed by atoms with Gasteiger partial charge < -0.3 is 9.42 Å². The first kappa shape index (κ1) is 19.6. The van der Waals surface area contributed by atoms with E-state index in [9.17, 15) is 4.79 Å². The number of rotatable bonds is 5. The van der Waals surface area contributed by atoms with Crippen LogP contribution in [-0.4, -0.2) is 53.8 Å². The Hall–Kier alpha value is -3.40. The molecule has 1 unspecified atom stereocenters. The third kappa shape index (κ3) is 4.11. The Labute approximate surface area is 182 Å². The van der Waals surface area contributed by atoms with E-state index in [4.69, 9.17) is 4.52 Å². The average Bonchev–Trinajstić information content (AvgIpc) is 3.55. The molecule has 1 atom stereocenters. The Morgan fingerprint density at radius 2 is 2.26 bits per heavy atom. The molecule has 5 rings (SSSR count). The first-order valence-corrected chi connectivity index (χ1v) is 11.0. The van der Waals surface area contributed by atoms with Crippen LogP contribution < -0.4 is 0 Å². The SMILES string of the molecule is Cn1nc(-c2cccs2)cc1C(=O)N1CCCC(Cc2nc(-c3cnccn3)no2)C1. The van der Waals surface area contributed by atoms with Crippen molar-refractivity contribution in [3.8, 4) is 22.1 Å². The van der Waals surface area contributed by atoms with E-state index in [1.807, 2.05) is 35.5 Å². The van der Waals surface area contributed by atoms with Crippen LogP contribution in [0.1, 0.15) is 29.2 Å². The van der Waals surface area contributed by atoms with E-state index in [-0.39, 0.29) is 11.8 Å². The molecule has 0 N–H and O–H groups in total. The predicted octanol–water partition coefficient (Wildman–Crippen LogP) is 3.08. The second kappa shape index (κ2) is 8.38. The van der Waals surface area contributed by atoms with Crippen molar-refractivity contribution in [2.75, 3.05) is 13.1 Å². The molecule has 1 aliphatic rings. The van der Waals surface area contributed by atoms with Gasteiger partial charge in [0.25, 0.3) is 5.91 Å². The summed E-state index contributed by atoms with van der Waals surface area (Å²) >= 11 is 1.61. The highest BCUT2D eigenvalue weighted by Gasteiger charge is 2.28. The minimum atomic E-state index is 0.00767. The topological polar surface area (TPSA) is 103 Å². The maximum Gasteiger partial charge on any atom is 0.272 e. The van der Waals surface area contributed by atoms with Gasteiger partial charge in [-0.25, -0.2) is 4.98 Å². The van der Waals surface area contributed by atoms with Crippen LogP contribution in [0, 0.1) is 5.92 Å². The number of nitrogens with zero attached hydrogens (tertiary/aromatic N) is 7. The van der Waals surface area contributed by atoms with Gasteiger partial charge in [0, 0.05) is 39.0 Å². The van der Waals surface area contributed by atoms with E-state index >= 15 is 0 Å². The van der Waals surface area contributed by atoms with E-state index in [0.717, 1.165) is 30.0 Å². The molecule has 9 nitrogen and oxygen atoms in total. The van der Waals surface area contributed by atoms with E-state index < -0.39 is 0 Å². The van der Waals surface area contributed by atoms with Crippen LogP contribution in [0.2, 0.25) is 0 Å². The van der Waals surface area contributed by atoms with Crippen molar-refractivity contribution >= 4 is 17.2 Å². The van der Waals surface area contributed by atoms with Crippen molar-refractivity contribution < 1.29 is 9.32 Å². The van der Waals surface area contributed by atoms with Crippen LogP contribution in [0.25, 0.3) is 22.1 Å². The Morgan fingerprint density at radius 1 is 1.32 bits per heavy atom. The zero-order chi connectivity index (χ0) is 21.2. The third-order valence-corrected chi connectivity index (χ3v) is 6.29. The molecular formula is C21H21N7O2S. The van der Waals surface area contributed by atoms with Gasteiger partial charge in [0.15, 0.2) is 0 Å². The molecule has 0 spiro atoms. The first-order chi connectivity index (χ1) is 15.2. The van der Waals surface area contributed by atoms with E-state index in [1.54, 1.807) is 34.6 Å². The van der Waals surface area contributed by atoms with Gasteiger partial charge in [-0.15, -0.1) is 11.3 Å². The summed E-state index contributed by atoms with van der Waals surface area (Å²) in [7, 11) is 1.82. The smallest absolute Gasteiger partial charge is 0.272 e. The Morgan fingerprint density at radius 3 is 3.06 bits per heavy atom. The van der Waals surface area contributed by atoms with Gasteiger partial charge in [0.2, 0.25) is 11.7 Å². The fourth-order valence-corrected chi connectivity index (χ4v) is 4.57. The number of aromatic nitrogens is 6. The molecule has 5 heterocycles. The Balaban J connectivity index is 1.27. The highest BCUT2D eigenvalue weighted by Crippen LogP contribution is 2.26. The minimum Gasteiger partial charge on any atom is -0.339 e. The molecule has 4 aromatic heterocycles. The molecule has 31 heavy (non-hydrogen) atoms. The normalized spacial score (nSPS) is 16.5. The number of carbonyl (C=O) groups excluding carboxylic acids is 1. The molecule has 1 aliphatic heterocycles. The lowest BCUT2D eigenvalue weighted by Gasteiger charge is -2.32. The zero-order valence-corrected chi connectivity index (χ0v) is 17.8. The largest absolute Gasteiger partial charge is 0.339 e. The summed E-state index contributed by atoms with van der Waals surface area (Å²) in [5.74, 6) is 1.26. The lowest BCUT2D eigenvalue weighted by atomic mass is 9.94. The summed E-state index contributed by atoms with van der Waals surface area (Å²) < 4.78 is 7.09. The van der Waals surface area contributed by atoms with Gasteiger partial charge in [-0.1, -0.05) is 11.2 Å². The number of amides is 1. The number of hydrogen-bond acceptors (Lipinski definition) is 8. The number of thiophene rings is 1. The van der Waals surface area contributed by atoms with Crippen molar-refractivity contribution in [1.29, 1.82) is 0 Å². The van der Waals surface area contributed by atoms with Crippen LogP contribution in [0.3, 0.4) is 0 Å². The van der Waals surface area contributed by atoms with Gasteiger partial charge in [-0.3, -0.25) is 14.5 Å². The molecule has 1 saturated heterocycles. The molecule has 0 aliphatic carbocycles. The second-order valence-electron chi connectivity index (χ2n) is 7.58. The number of aryl methyl sites for hydroxylation is 1. The molecule has 158 valence electrons. The van der Waals surface area contributed by atoms with E-state index in [1.165, 1.54) is 0 Å². The summed E-state index contributed by atoms with van der Waals surface area (Å²) in [4.78, 5) is 28.8. The lowest BCUT2D eigenvalue weighted by Crippen LogP contribution is -2.41. The molecule has 0 radical (unpaired) electrons. The second-order valence-corrected chi connectivity index (χ2v) is 8.53. The highest BCUT2D eigenvalue weighted by molar-refractivity contribution is 7.13. The van der Waals surface area contributed by atoms with Gasteiger partial charge in [-0.2, -0.15) is 10.1 Å². The summed E-state index contributed by atoms with van der Waals surface area (Å²) in [6.07, 6.45) is 7.38. The standard InChI is InChI=1S/C21H21N7O2S/c1-27-17(11-15(25-27)18-5-3-9-31-18)21(29)28-8-2-4-14(13-28)10-19-24-20(26-30-19)16-12-22-6-7-23-16/h3,5-7,9,11-12,14H,2,4,8,10,13H2,1H3. The highest BCUT2D eigenvalue weighted by atomic mass is 32.1. The van der Waals surface area contributed by atoms with E-state index in [0.29, 0.717) is 36.1 Å². The monoisotopic (exact) mass is 435 g/mol. The van der Waals surface area contributed by atoms with E-state index in [2.05, 4.69) is 25.2 Å². The van der Waals surface area contributed by atoms with Crippen LogP contribution in [0.15, 0.2) is 46.7 Å². The number of hydrogen-bond donors (Lipinski definition) is 0. The predicted molar refractivity (Wildman–Crippen MR) is 114 cm³/mol. The molecule has 0 aromatic carbocycles. The molecular weight excluding hydrogens is 414 g/mol. The average molecular weight is 436 g/mol. The Kier molecular flexibility index (Phi) is 5.29. The third-order valence-electron chi connectivity index (χ3n) is 5.40. The maximum atomic E-state index is 13.2. The molecule has 10 heteroatoms. The van der Waals surface area contributed by atoms with Gasteiger partial charge in [0.05, 0.1) is 11.1 Å². The summed E-state index contributed by atoms with van der Waals surface area (Å²) in [6, 6.07) is 5.87. The fourth-order valence-electron chi connectivity index (χ4n) is 3.89. The van der Waals surface area contributed by atoms with Crippen LogP contribution >= 0.6 is 11.3 Å². The first-order valence-electron chi connectivity index (χ1n) is 10.1. The van der Waals surface area contributed by atoms with Gasteiger partial charge >= 0.3 is 0 Å². The fraction of sp³-hybridized carbons (Fsp3) is 0.333. The molecule has 0 bridgehead atoms. The van der Waals surface area contributed by atoms with Crippen LogP contribution in [-0.2, 0) is 13.5 Å². The van der Waals surface area contributed by atoms with Crippen molar-refractivity contribution in [3.05, 3.63) is 53.8 Å². The van der Waals surface area contributed by atoms with Crippen molar-refractivity contribution in [3.63, 3.8) is 0 Å². The number of carbonyl (C=O) groups is 1. The summed E-state index contributed by atoms with van der Waals surface area (Å²) in [6.45, 7) is 1.39. The molecule has 1 amide bonds. The van der Waals surface area contributed by atoms with Crippen molar-refractivity contribution in [1.82, 2.24) is 34.8 Å². The number of piperidine rings is 1. The van der Waals surface area contributed by atoms with Crippen molar-refractivity contribution in [2.45, 2.75) is 19.3 Å². The Bertz CT molecular complexity index is 1170. The lowest BCUT2D eigenvalue weighted by molar-refractivity contribution is 0.0657. The zero-order valence-electron chi connectivity index (χ0n) is 17.0. The summed E-state index contributed by atoms with van der Waals surface area (Å²) in [5.41, 5.74) is 2.01. The summed E-state index contributed by atoms with van der Waals surface area (Å²) in [5, 5.41) is 10.5. The van der Waals surface area contributed by atoms with Crippen LogP contribution in [0.4, 0.5) is 0 Å². The van der Waals surface area contributed by atoms with Crippen molar-refractivity contribution in [2.24, 2.45) is 13.0 Å².